The summed E-state index contributed by atoms with van der Waals surface area (Å²) >= 11 is 0. The second-order valence-corrected chi connectivity index (χ2v) is 7.10. The lowest BCUT2D eigenvalue weighted by atomic mass is 10.1. The van der Waals surface area contributed by atoms with E-state index in [1.807, 2.05) is 31.2 Å². The van der Waals surface area contributed by atoms with E-state index >= 15 is 0 Å². The Kier molecular flexibility index (Phi) is 3.77. The molecule has 5 rings (SSSR count). The van der Waals surface area contributed by atoms with Gasteiger partial charge in [0.2, 0.25) is 0 Å². The highest BCUT2D eigenvalue weighted by atomic mass is 16.2. The number of rotatable bonds is 2. The van der Waals surface area contributed by atoms with Crippen LogP contribution < -0.4 is 9.80 Å². The van der Waals surface area contributed by atoms with Crippen LogP contribution in [0.2, 0.25) is 0 Å². The largest absolute Gasteiger partial charge is 0.305 e. The van der Waals surface area contributed by atoms with Crippen LogP contribution in [0, 0.1) is 0 Å². The van der Waals surface area contributed by atoms with Gasteiger partial charge in [0.15, 0.2) is 11.4 Å². The van der Waals surface area contributed by atoms with E-state index in [4.69, 9.17) is 0 Å². The lowest BCUT2D eigenvalue weighted by molar-refractivity contribution is 0.0922. The Morgan fingerprint density at radius 3 is 2.21 bits per heavy atom. The first kappa shape index (κ1) is 17.2. The molecular weight excluding hydrogens is 368 g/mol. The van der Waals surface area contributed by atoms with E-state index in [1.165, 1.54) is 12.4 Å². The Bertz CT molecular complexity index is 1140. The monoisotopic (exact) mass is 384 g/mol. The van der Waals surface area contributed by atoms with E-state index < -0.39 is 11.8 Å². The van der Waals surface area contributed by atoms with E-state index in [0.29, 0.717) is 11.3 Å². The molecule has 2 aliphatic heterocycles. The van der Waals surface area contributed by atoms with E-state index in [1.54, 1.807) is 29.2 Å². The molecule has 0 saturated carbocycles. The number of carbonyl (C=O) groups is 3. The summed E-state index contributed by atoms with van der Waals surface area (Å²) in [6.07, 6.45) is 3.57. The van der Waals surface area contributed by atoms with Crippen molar-refractivity contribution >= 4 is 29.1 Å². The molecule has 7 heteroatoms. The third-order valence-corrected chi connectivity index (χ3v) is 5.31. The quantitative estimate of drug-likeness (QED) is 0.635. The summed E-state index contributed by atoms with van der Waals surface area (Å²) in [5, 5.41) is 0. The maximum absolute atomic E-state index is 13.1. The minimum atomic E-state index is -0.515. The first-order valence-electron chi connectivity index (χ1n) is 9.27. The molecule has 2 aliphatic rings. The zero-order valence-electron chi connectivity index (χ0n) is 15.6. The molecule has 7 nitrogen and oxygen atoms in total. The highest BCUT2D eigenvalue weighted by molar-refractivity contribution is 6.33. The van der Waals surface area contributed by atoms with Gasteiger partial charge in [-0.1, -0.05) is 18.2 Å². The zero-order valence-corrected chi connectivity index (χ0v) is 15.6. The predicted molar refractivity (Wildman–Crippen MR) is 106 cm³/mol. The van der Waals surface area contributed by atoms with E-state index in [2.05, 4.69) is 9.97 Å². The molecule has 0 unspecified atom stereocenters. The minimum Gasteiger partial charge on any atom is -0.305 e. The van der Waals surface area contributed by atoms with Crippen molar-refractivity contribution in [2.75, 3.05) is 9.80 Å². The smallest absolute Gasteiger partial charge is 0.286 e. The third kappa shape index (κ3) is 2.55. The average Bonchev–Trinajstić information content (AvgIpc) is 3.21. The van der Waals surface area contributed by atoms with Crippen LogP contribution in [0.15, 0.2) is 60.9 Å². The molecule has 0 aliphatic carbocycles. The summed E-state index contributed by atoms with van der Waals surface area (Å²) < 4.78 is 0. The fourth-order valence-corrected chi connectivity index (χ4v) is 3.96. The van der Waals surface area contributed by atoms with Gasteiger partial charge in [0, 0.05) is 29.7 Å². The molecule has 0 saturated heterocycles. The summed E-state index contributed by atoms with van der Waals surface area (Å²) in [7, 11) is 0. The number of carbonyl (C=O) groups excluding carboxylic acids is 3. The van der Waals surface area contributed by atoms with Gasteiger partial charge in [0.1, 0.15) is 0 Å². The van der Waals surface area contributed by atoms with Crippen LogP contribution in [0.4, 0.5) is 11.4 Å². The predicted octanol–water partition coefficient (Wildman–Crippen LogP) is 2.87. The number of fused-ring (bicyclic) bond motifs is 2. The molecule has 2 aromatic carbocycles. The van der Waals surface area contributed by atoms with Gasteiger partial charge in [-0.3, -0.25) is 14.4 Å². The third-order valence-electron chi connectivity index (χ3n) is 5.31. The zero-order chi connectivity index (χ0) is 20.1. The number of para-hydroxylation sites is 1. The molecule has 142 valence electrons. The number of hydrogen-bond acceptors (Lipinski definition) is 5. The number of amides is 3. The fraction of sp³-hybridized carbons (Fsp3) is 0.136. The molecule has 3 heterocycles. The van der Waals surface area contributed by atoms with Crippen molar-refractivity contribution in [1.29, 1.82) is 0 Å². The van der Waals surface area contributed by atoms with Gasteiger partial charge in [-0.15, -0.1) is 0 Å². The SMILES string of the molecule is C[C@H]1Cc2ccccc2N1C(=O)c1ccc(N2C(=O)c3nccnc3C2=O)cc1. The van der Waals surface area contributed by atoms with Crippen molar-refractivity contribution in [3.05, 3.63) is 83.4 Å². The molecule has 1 aromatic heterocycles. The van der Waals surface area contributed by atoms with Crippen LogP contribution >= 0.6 is 0 Å². The van der Waals surface area contributed by atoms with Crippen molar-refractivity contribution in [3.8, 4) is 0 Å². The van der Waals surface area contributed by atoms with Gasteiger partial charge in [-0.05, 0) is 49.2 Å². The molecule has 3 amide bonds. The second kappa shape index (κ2) is 6.34. The van der Waals surface area contributed by atoms with E-state index in [9.17, 15) is 14.4 Å². The van der Waals surface area contributed by atoms with Crippen LogP contribution in [0.25, 0.3) is 0 Å². The molecule has 0 bridgehead atoms. The van der Waals surface area contributed by atoms with Gasteiger partial charge in [-0.25, -0.2) is 14.9 Å². The number of benzene rings is 2. The highest BCUT2D eigenvalue weighted by Gasteiger charge is 2.39. The van der Waals surface area contributed by atoms with Crippen LogP contribution in [0.3, 0.4) is 0 Å². The molecule has 3 aromatic rings. The summed E-state index contributed by atoms with van der Waals surface area (Å²) in [6, 6.07) is 14.4. The van der Waals surface area contributed by atoms with E-state index in [-0.39, 0.29) is 23.3 Å². The summed E-state index contributed by atoms with van der Waals surface area (Å²) in [6.45, 7) is 2.02. The molecule has 0 radical (unpaired) electrons. The Hall–Kier alpha value is -3.87. The number of anilines is 2. The van der Waals surface area contributed by atoms with Gasteiger partial charge in [-0.2, -0.15) is 0 Å². The number of hydrogen-bond donors (Lipinski definition) is 0. The van der Waals surface area contributed by atoms with E-state index in [0.717, 1.165) is 22.6 Å². The van der Waals surface area contributed by atoms with Gasteiger partial charge >= 0.3 is 0 Å². The van der Waals surface area contributed by atoms with Gasteiger partial charge in [0.05, 0.1) is 5.69 Å². The van der Waals surface area contributed by atoms with Gasteiger partial charge < -0.3 is 4.90 Å². The van der Waals surface area contributed by atoms with Gasteiger partial charge in [0.25, 0.3) is 17.7 Å². The Labute approximate surface area is 166 Å². The Morgan fingerprint density at radius 1 is 0.931 bits per heavy atom. The highest BCUT2D eigenvalue weighted by Crippen LogP contribution is 2.33. The van der Waals surface area contributed by atoms with Crippen molar-refractivity contribution in [1.82, 2.24) is 9.97 Å². The topological polar surface area (TPSA) is 83.5 Å². The van der Waals surface area contributed by atoms with Crippen LogP contribution in [-0.2, 0) is 6.42 Å². The lowest BCUT2D eigenvalue weighted by Gasteiger charge is -2.23. The molecule has 0 N–H and O–H groups in total. The first-order chi connectivity index (χ1) is 14.1. The maximum Gasteiger partial charge on any atom is 0.286 e. The first-order valence-corrected chi connectivity index (χ1v) is 9.27. The minimum absolute atomic E-state index is 0.0418. The molecule has 1 atom stereocenters. The van der Waals surface area contributed by atoms with Crippen LogP contribution in [0.1, 0.15) is 43.8 Å². The lowest BCUT2D eigenvalue weighted by Crippen LogP contribution is -2.35. The van der Waals surface area contributed by atoms with Crippen molar-refractivity contribution in [2.24, 2.45) is 0 Å². The number of nitrogens with zero attached hydrogens (tertiary/aromatic N) is 4. The Morgan fingerprint density at radius 2 is 1.55 bits per heavy atom. The summed E-state index contributed by atoms with van der Waals surface area (Å²) in [5.74, 6) is -1.14. The molecule has 0 fully saturated rings. The van der Waals surface area contributed by atoms with Crippen molar-refractivity contribution in [3.63, 3.8) is 0 Å². The Balaban J connectivity index is 1.44. The normalized spacial score (nSPS) is 17.5. The molecule has 29 heavy (non-hydrogen) atoms. The van der Waals surface area contributed by atoms with Crippen LogP contribution in [-0.4, -0.2) is 33.7 Å². The maximum atomic E-state index is 13.1. The second-order valence-electron chi connectivity index (χ2n) is 7.10. The standard InChI is InChI=1S/C22H16N4O3/c1-13-12-15-4-2-3-5-17(15)25(13)20(27)14-6-8-16(9-7-14)26-21(28)18-19(22(26)29)24-11-10-23-18/h2-11,13H,12H2,1H3/t13-/m0/s1. The average molecular weight is 384 g/mol. The fourth-order valence-electron chi connectivity index (χ4n) is 3.96. The van der Waals surface area contributed by atoms with Crippen molar-refractivity contribution < 1.29 is 14.4 Å². The summed E-state index contributed by atoms with van der Waals surface area (Å²) in [5.41, 5.74) is 3.03. The van der Waals surface area contributed by atoms with Crippen molar-refractivity contribution in [2.45, 2.75) is 19.4 Å². The number of imide groups is 1. The molecular formula is C22H16N4O3. The molecule has 0 spiro atoms. The number of aromatic nitrogens is 2. The summed E-state index contributed by atoms with van der Waals surface area (Å²) in [4.78, 5) is 48.9. The van der Waals surface area contributed by atoms with Crippen LogP contribution in [0.5, 0.6) is 0 Å².